The minimum Gasteiger partial charge on any atom is -0.326 e. The molecule has 1 aromatic heterocycles. The molecule has 1 heterocycles. The molecule has 5 nitrogen and oxygen atoms in total. The lowest BCUT2D eigenvalue weighted by Crippen LogP contribution is -2.05. The van der Waals surface area contributed by atoms with E-state index in [0.717, 1.165) is 16.9 Å². The van der Waals surface area contributed by atoms with Gasteiger partial charge in [0.2, 0.25) is 11.0 Å². The van der Waals surface area contributed by atoms with E-state index in [1.54, 1.807) is 24.4 Å². The zero-order chi connectivity index (χ0) is 18.5. The van der Waals surface area contributed by atoms with Gasteiger partial charge in [-0.2, -0.15) is 5.10 Å². The summed E-state index contributed by atoms with van der Waals surface area (Å²) in [6.45, 7) is 1.47. The molecule has 0 unspecified atom stereocenters. The number of amides is 1. The molecule has 1 amide bonds. The van der Waals surface area contributed by atoms with Crippen LogP contribution in [0.2, 0.25) is 10.0 Å². The summed E-state index contributed by atoms with van der Waals surface area (Å²) in [5.41, 5.74) is 6.03. The van der Waals surface area contributed by atoms with E-state index in [-0.39, 0.29) is 5.91 Å². The number of hydrazone groups is 1. The number of aromatic nitrogens is 1. The predicted octanol–water partition coefficient (Wildman–Crippen LogP) is 5.52. The van der Waals surface area contributed by atoms with E-state index in [0.29, 0.717) is 20.7 Å². The van der Waals surface area contributed by atoms with Crippen LogP contribution >= 0.6 is 34.5 Å². The van der Waals surface area contributed by atoms with Gasteiger partial charge >= 0.3 is 0 Å². The minimum absolute atomic E-state index is 0.102. The van der Waals surface area contributed by atoms with E-state index >= 15 is 0 Å². The number of carbonyl (C=O) groups excluding carboxylic acids is 1. The van der Waals surface area contributed by atoms with Crippen molar-refractivity contribution >= 4 is 57.5 Å². The first kappa shape index (κ1) is 18.4. The standard InChI is InChI=1S/C18H14Cl2N4OS/c1-11(25)22-13-7-5-12(6-8-13)17-10-26-18(23-17)24-21-9-14-15(19)3-2-4-16(14)20/h2-10H,1H3,(H,22,25)(H,23,24)/b21-9-. The van der Waals surface area contributed by atoms with E-state index in [1.165, 1.54) is 18.3 Å². The maximum atomic E-state index is 11.1. The van der Waals surface area contributed by atoms with Gasteiger partial charge in [0.05, 0.1) is 22.0 Å². The largest absolute Gasteiger partial charge is 0.326 e. The minimum atomic E-state index is -0.102. The highest BCUT2D eigenvalue weighted by molar-refractivity contribution is 7.14. The lowest BCUT2D eigenvalue weighted by molar-refractivity contribution is -0.114. The second-order valence-electron chi connectivity index (χ2n) is 5.30. The van der Waals surface area contributed by atoms with Crippen LogP contribution in [0.1, 0.15) is 12.5 Å². The summed E-state index contributed by atoms with van der Waals surface area (Å²) in [7, 11) is 0. The molecule has 0 radical (unpaired) electrons. The average Bonchev–Trinajstić information content (AvgIpc) is 3.06. The molecular formula is C18H14Cl2N4OS. The zero-order valence-electron chi connectivity index (χ0n) is 13.7. The van der Waals surface area contributed by atoms with Gasteiger partial charge in [0.15, 0.2) is 0 Å². The SMILES string of the molecule is CC(=O)Nc1ccc(-c2csc(N/N=C\c3c(Cl)cccc3Cl)n2)cc1. The number of hydrogen-bond donors (Lipinski definition) is 2. The van der Waals surface area contributed by atoms with Crippen LogP contribution in [0.5, 0.6) is 0 Å². The quantitative estimate of drug-likeness (QED) is 0.434. The van der Waals surface area contributed by atoms with Gasteiger partial charge in [0.1, 0.15) is 0 Å². The summed E-state index contributed by atoms with van der Waals surface area (Å²) in [5, 5.41) is 10.5. The van der Waals surface area contributed by atoms with Gasteiger partial charge in [0, 0.05) is 29.1 Å². The van der Waals surface area contributed by atoms with Gasteiger partial charge in [-0.15, -0.1) is 11.3 Å². The van der Waals surface area contributed by atoms with Crippen molar-refractivity contribution in [2.24, 2.45) is 5.10 Å². The van der Waals surface area contributed by atoms with Crippen LogP contribution in [-0.2, 0) is 4.79 Å². The molecule has 0 bridgehead atoms. The molecule has 0 saturated carbocycles. The molecule has 3 rings (SSSR count). The number of hydrogen-bond acceptors (Lipinski definition) is 5. The van der Waals surface area contributed by atoms with Crippen LogP contribution in [-0.4, -0.2) is 17.1 Å². The average molecular weight is 405 g/mol. The highest BCUT2D eigenvalue weighted by Gasteiger charge is 2.05. The van der Waals surface area contributed by atoms with E-state index < -0.39 is 0 Å². The van der Waals surface area contributed by atoms with Crippen LogP contribution < -0.4 is 10.7 Å². The Bertz CT molecular complexity index is 934. The normalized spacial score (nSPS) is 10.9. The van der Waals surface area contributed by atoms with Gasteiger partial charge in [-0.1, -0.05) is 41.4 Å². The number of nitrogens with one attached hydrogen (secondary N) is 2. The fourth-order valence-electron chi connectivity index (χ4n) is 2.17. The molecule has 3 aromatic rings. The molecule has 2 N–H and O–H groups in total. The number of rotatable bonds is 5. The molecule has 0 spiro atoms. The van der Waals surface area contributed by atoms with Crippen LogP contribution in [0, 0.1) is 0 Å². The predicted molar refractivity (Wildman–Crippen MR) is 110 cm³/mol. The fraction of sp³-hybridized carbons (Fsp3) is 0.0556. The van der Waals surface area contributed by atoms with E-state index in [4.69, 9.17) is 23.2 Å². The van der Waals surface area contributed by atoms with Crippen molar-refractivity contribution in [2.75, 3.05) is 10.7 Å². The van der Waals surface area contributed by atoms with E-state index in [2.05, 4.69) is 20.8 Å². The summed E-state index contributed by atoms with van der Waals surface area (Å²) in [4.78, 5) is 15.5. The molecule has 0 aliphatic heterocycles. The van der Waals surface area contributed by atoms with E-state index in [9.17, 15) is 4.79 Å². The van der Waals surface area contributed by atoms with Crippen molar-refractivity contribution in [1.82, 2.24) is 4.98 Å². The molecule has 0 fully saturated rings. The maximum absolute atomic E-state index is 11.1. The third-order valence-electron chi connectivity index (χ3n) is 3.36. The Morgan fingerprint density at radius 1 is 1.15 bits per heavy atom. The highest BCUT2D eigenvalue weighted by Crippen LogP contribution is 2.26. The van der Waals surface area contributed by atoms with Crippen LogP contribution in [0.3, 0.4) is 0 Å². The van der Waals surface area contributed by atoms with Gasteiger partial charge in [-0.3, -0.25) is 10.2 Å². The first-order valence-electron chi connectivity index (χ1n) is 7.59. The Morgan fingerprint density at radius 3 is 2.50 bits per heavy atom. The number of benzene rings is 2. The zero-order valence-corrected chi connectivity index (χ0v) is 16.0. The first-order valence-corrected chi connectivity index (χ1v) is 9.23. The van der Waals surface area contributed by atoms with Crippen molar-refractivity contribution in [1.29, 1.82) is 0 Å². The molecule has 0 saturated heterocycles. The van der Waals surface area contributed by atoms with Crippen molar-refractivity contribution in [3.8, 4) is 11.3 Å². The lowest BCUT2D eigenvalue weighted by Gasteiger charge is -2.02. The molecule has 2 aromatic carbocycles. The fourth-order valence-corrected chi connectivity index (χ4v) is 3.33. The Morgan fingerprint density at radius 2 is 1.85 bits per heavy atom. The summed E-state index contributed by atoms with van der Waals surface area (Å²) in [5.74, 6) is -0.102. The summed E-state index contributed by atoms with van der Waals surface area (Å²) < 4.78 is 0. The van der Waals surface area contributed by atoms with Crippen molar-refractivity contribution in [2.45, 2.75) is 6.92 Å². The molecule has 0 atom stereocenters. The molecule has 0 aliphatic carbocycles. The van der Waals surface area contributed by atoms with E-state index in [1.807, 2.05) is 29.6 Å². The lowest BCUT2D eigenvalue weighted by atomic mass is 10.1. The van der Waals surface area contributed by atoms with Crippen molar-refractivity contribution < 1.29 is 4.79 Å². The van der Waals surface area contributed by atoms with Gasteiger partial charge in [0.25, 0.3) is 0 Å². The second kappa shape index (κ2) is 8.31. The highest BCUT2D eigenvalue weighted by atomic mass is 35.5. The second-order valence-corrected chi connectivity index (χ2v) is 6.97. The Hall–Kier alpha value is -2.41. The van der Waals surface area contributed by atoms with Crippen LogP contribution in [0.4, 0.5) is 10.8 Å². The number of nitrogens with zero attached hydrogens (tertiary/aromatic N) is 2. The molecule has 8 heteroatoms. The summed E-state index contributed by atoms with van der Waals surface area (Å²) in [6.07, 6.45) is 1.56. The third-order valence-corrected chi connectivity index (χ3v) is 4.76. The van der Waals surface area contributed by atoms with Gasteiger partial charge in [-0.05, 0) is 24.3 Å². The van der Waals surface area contributed by atoms with Gasteiger partial charge in [-0.25, -0.2) is 4.98 Å². The van der Waals surface area contributed by atoms with Crippen LogP contribution in [0.15, 0.2) is 52.9 Å². The molecular weight excluding hydrogens is 391 g/mol. The first-order chi connectivity index (χ1) is 12.5. The number of thiazole rings is 1. The molecule has 0 aliphatic rings. The smallest absolute Gasteiger partial charge is 0.221 e. The molecule has 132 valence electrons. The number of anilines is 2. The van der Waals surface area contributed by atoms with Crippen molar-refractivity contribution in [3.05, 3.63) is 63.5 Å². The Kier molecular flexibility index (Phi) is 5.88. The monoisotopic (exact) mass is 404 g/mol. The van der Waals surface area contributed by atoms with Crippen LogP contribution in [0.25, 0.3) is 11.3 Å². The third kappa shape index (κ3) is 4.60. The number of halogens is 2. The van der Waals surface area contributed by atoms with Crippen molar-refractivity contribution in [3.63, 3.8) is 0 Å². The maximum Gasteiger partial charge on any atom is 0.221 e. The summed E-state index contributed by atoms with van der Waals surface area (Å²) >= 11 is 13.6. The Labute approximate surface area is 164 Å². The van der Waals surface area contributed by atoms with Gasteiger partial charge < -0.3 is 5.32 Å². The number of carbonyl (C=O) groups is 1. The Balaban J connectivity index is 1.68. The topological polar surface area (TPSA) is 66.4 Å². The molecule has 26 heavy (non-hydrogen) atoms. The summed E-state index contributed by atoms with van der Waals surface area (Å²) in [6, 6.07) is 12.7.